The Hall–Kier alpha value is -0.910. The van der Waals surface area contributed by atoms with Gasteiger partial charge in [0.2, 0.25) is 0 Å². The molecule has 0 bridgehead atoms. The van der Waals surface area contributed by atoms with Crippen LogP contribution in [-0.2, 0) is 13.6 Å². The van der Waals surface area contributed by atoms with Crippen LogP contribution in [0.2, 0.25) is 0 Å². The fourth-order valence-electron chi connectivity index (χ4n) is 2.12. The molecule has 0 saturated carbocycles. The lowest BCUT2D eigenvalue weighted by Gasteiger charge is -2.34. The van der Waals surface area contributed by atoms with Crippen molar-refractivity contribution in [1.29, 1.82) is 0 Å². The van der Waals surface area contributed by atoms with Crippen molar-refractivity contribution < 1.29 is 5.11 Å². The molecule has 1 N–H and O–H groups in total. The highest BCUT2D eigenvalue weighted by Crippen LogP contribution is 2.07. The van der Waals surface area contributed by atoms with Gasteiger partial charge in [-0.05, 0) is 0 Å². The van der Waals surface area contributed by atoms with E-state index in [-0.39, 0.29) is 6.61 Å². The Labute approximate surface area is 96.3 Å². The predicted molar refractivity (Wildman–Crippen MR) is 62.0 cm³/mol. The van der Waals surface area contributed by atoms with E-state index >= 15 is 0 Å². The Morgan fingerprint density at radius 3 is 2.50 bits per heavy atom. The van der Waals surface area contributed by atoms with E-state index in [9.17, 15) is 0 Å². The molecule has 1 aliphatic rings. The van der Waals surface area contributed by atoms with Crippen molar-refractivity contribution in [2.24, 2.45) is 7.05 Å². The maximum absolute atomic E-state index is 8.86. The van der Waals surface area contributed by atoms with Gasteiger partial charge in [0.1, 0.15) is 0 Å². The molecule has 5 nitrogen and oxygen atoms in total. The molecule has 0 spiro atoms. The Bertz CT molecular complexity index is 318. The fraction of sp³-hybridized carbons (Fsp3) is 0.727. The molecule has 2 rings (SSSR count). The Morgan fingerprint density at radius 1 is 1.25 bits per heavy atom. The van der Waals surface area contributed by atoms with Crippen LogP contribution in [0.1, 0.15) is 5.56 Å². The van der Waals surface area contributed by atoms with E-state index in [2.05, 4.69) is 21.1 Å². The van der Waals surface area contributed by atoms with Crippen LogP contribution < -0.4 is 0 Å². The van der Waals surface area contributed by atoms with Crippen LogP contribution in [0.3, 0.4) is 0 Å². The SMILES string of the molecule is Cn1cc(CN2CCN(CCO)CC2)cn1. The molecule has 0 unspecified atom stereocenters. The molecule has 90 valence electrons. The summed E-state index contributed by atoms with van der Waals surface area (Å²) in [5.74, 6) is 0. The molecule has 0 aromatic carbocycles. The van der Waals surface area contributed by atoms with Gasteiger partial charge in [-0.25, -0.2) is 0 Å². The van der Waals surface area contributed by atoms with Gasteiger partial charge in [-0.1, -0.05) is 0 Å². The van der Waals surface area contributed by atoms with E-state index in [0.717, 1.165) is 39.3 Å². The maximum atomic E-state index is 8.86. The molecule has 0 aliphatic carbocycles. The molecule has 0 amide bonds. The summed E-state index contributed by atoms with van der Waals surface area (Å²) >= 11 is 0. The summed E-state index contributed by atoms with van der Waals surface area (Å²) in [6.07, 6.45) is 4.00. The molecular weight excluding hydrogens is 204 g/mol. The third-order valence-electron chi connectivity index (χ3n) is 3.05. The lowest BCUT2D eigenvalue weighted by atomic mass is 10.2. The first-order valence-corrected chi connectivity index (χ1v) is 5.81. The van der Waals surface area contributed by atoms with Crippen molar-refractivity contribution in [3.05, 3.63) is 18.0 Å². The van der Waals surface area contributed by atoms with Gasteiger partial charge in [-0.3, -0.25) is 14.5 Å². The van der Waals surface area contributed by atoms with Gasteiger partial charge in [0.15, 0.2) is 0 Å². The zero-order valence-corrected chi connectivity index (χ0v) is 9.84. The number of nitrogens with zero attached hydrogens (tertiary/aromatic N) is 4. The Balaban J connectivity index is 1.77. The van der Waals surface area contributed by atoms with E-state index < -0.39 is 0 Å². The number of rotatable bonds is 4. The second kappa shape index (κ2) is 5.43. The van der Waals surface area contributed by atoms with Crippen molar-refractivity contribution in [2.45, 2.75) is 6.54 Å². The van der Waals surface area contributed by atoms with Gasteiger partial charge < -0.3 is 5.11 Å². The van der Waals surface area contributed by atoms with Gasteiger partial charge in [-0.2, -0.15) is 5.10 Å². The highest BCUT2D eigenvalue weighted by atomic mass is 16.3. The third-order valence-corrected chi connectivity index (χ3v) is 3.05. The molecule has 0 atom stereocenters. The highest BCUT2D eigenvalue weighted by Gasteiger charge is 2.16. The molecule has 5 heteroatoms. The zero-order chi connectivity index (χ0) is 11.4. The van der Waals surface area contributed by atoms with Crippen molar-refractivity contribution in [3.63, 3.8) is 0 Å². The standard InChI is InChI=1S/C11H20N4O/c1-13-9-11(8-12-13)10-15-4-2-14(3-5-15)6-7-16/h8-9,16H,2-7,10H2,1H3. The number of hydrogen-bond acceptors (Lipinski definition) is 4. The summed E-state index contributed by atoms with van der Waals surface area (Å²) in [5, 5.41) is 13.0. The summed E-state index contributed by atoms with van der Waals surface area (Å²) in [5.41, 5.74) is 1.28. The van der Waals surface area contributed by atoms with Crippen LogP contribution in [-0.4, -0.2) is 64.0 Å². The van der Waals surface area contributed by atoms with Gasteiger partial charge >= 0.3 is 0 Å². The van der Waals surface area contributed by atoms with E-state index in [0.29, 0.717) is 0 Å². The molecule has 16 heavy (non-hydrogen) atoms. The van der Waals surface area contributed by atoms with Gasteiger partial charge in [0, 0.05) is 58.1 Å². The molecule has 1 aromatic heterocycles. The summed E-state index contributed by atoms with van der Waals surface area (Å²) in [7, 11) is 1.95. The average Bonchev–Trinajstić information content (AvgIpc) is 2.67. The quantitative estimate of drug-likeness (QED) is 0.751. The van der Waals surface area contributed by atoms with Gasteiger partial charge in [-0.15, -0.1) is 0 Å². The number of aliphatic hydroxyl groups is 1. The average molecular weight is 224 g/mol. The minimum absolute atomic E-state index is 0.266. The number of aliphatic hydroxyl groups excluding tert-OH is 1. The van der Waals surface area contributed by atoms with Gasteiger partial charge in [0.25, 0.3) is 0 Å². The third kappa shape index (κ3) is 3.04. The Kier molecular flexibility index (Phi) is 3.93. The molecule has 1 fully saturated rings. The van der Waals surface area contributed by atoms with E-state index in [1.165, 1.54) is 5.56 Å². The molecule has 1 aromatic rings. The summed E-state index contributed by atoms with van der Waals surface area (Å²) in [4.78, 5) is 4.74. The molecule has 2 heterocycles. The van der Waals surface area contributed by atoms with Gasteiger partial charge in [0.05, 0.1) is 12.8 Å². The molecule has 0 radical (unpaired) electrons. The van der Waals surface area contributed by atoms with E-state index in [4.69, 9.17) is 5.11 Å². The maximum Gasteiger partial charge on any atom is 0.0558 e. The van der Waals surface area contributed by atoms with Crippen molar-refractivity contribution in [3.8, 4) is 0 Å². The second-order valence-corrected chi connectivity index (χ2v) is 4.36. The fourth-order valence-corrected chi connectivity index (χ4v) is 2.12. The lowest BCUT2D eigenvalue weighted by molar-refractivity contribution is 0.108. The number of aromatic nitrogens is 2. The first-order valence-electron chi connectivity index (χ1n) is 5.81. The minimum Gasteiger partial charge on any atom is -0.395 e. The van der Waals surface area contributed by atoms with Crippen LogP contribution in [0, 0.1) is 0 Å². The first kappa shape index (κ1) is 11.6. The normalized spacial score (nSPS) is 19.1. The number of piperazine rings is 1. The summed E-state index contributed by atoms with van der Waals surface area (Å²) in [6.45, 7) is 6.33. The van der Waals surface area contributed by atoms with E-state index in [1.807, 2.05) is 17.9 Å². The summed E-state index contributed by atoms with van der Waals surface area (Å²) in [6, 6.07) is 0. The predicted octanol–water partition coefficient (Wildman–Crippen LogP) is -0.470. The minimum atomic E-state index is 0.266. The summed E-state index contributed by atoms with van der Waals surface area (Å²) < 4.78 is 1.84. The lowest BCUT2D eigenvalue weighted by Crippen LogP contribution is -2.46. The molecule has 1 aliphatic heterocycles. The van der Waals surface area contributed by atoms with Crippen LogP contribution >= 0.6 is 0 Å². The van der Waals surface area contributed by atoms with Crippen LogP contribution in [0.25, 0.3) is 0 Å². The Morgan fingerprint density at radius 2 is 1.94 bits per heavy atom. The van der Waals surface area contributed by atoms with Crippen LogP contribution in [0.5, 0.6) is 0 Å². The first-order chi connectivity index (χ1) is 7.78. The second-order valence-electron chi connectivity index (χ2n) is 4.36. The molecule has 1 saturated heterocycles. The number of hydrogen-bond donors (Lipinski definition) is 1. The van der Waals surface area contributed by atoms with Crippen molar-refractivity contribution in [1.82, 2.24) is 19.6 Å². The smallest absolute Gasteiger partial charge is 0.0558 e. The van der Waals surface area contributed by atoms with Crippen LogP contribution in [0.15, 0.2) is 12.4 Å². The molecular formula is C11H20N4O. The highest BCUT2D eigenvalue weighted by molar-refractivity contribution is 5.03. The van der Waals surface area contributed by atoms with Crippen molar-refractivity contribution in [2.75, 3.05) is 39.3 Å². The number of aryl methyl sites for hydroxylation is 1. The van der Waals surface area contributed by atoms with Crippen LogP contribution in [0.4, 0.5) is 0 Å². The topological polar surface area (TPSA) is 44.5 Å². The monoisotopic (exact) mass is 224 g/mol. The largest absolute Gasteiger partial charge is 0.395 e. The zero-order valence-electron chi connectivity index (χ0n) is 9.84. The number of β-amino-alcohol motifs (C(OH)–C–C–N with tert-alkyl or cyclic N) is 1. The van der Waals surface area contributed by atoms with E-state index in [1.54, 1.807) is 0 Å². The van der Waals surface area contributed by atoms with Crippen molar-refractivity contribution >= 4 is 0 Å².